The zero-order chi connectivity index (χ0) is 4.50. The zero-order valence-corrected chi connectivity index (χ0v) is 5.84. The van der Waals surface area contributed by atoms with Crippen molar-refractivity contribution in [2.75, 3.05) is 0 Å². The zero-order valence-electron chi connectivity index (χ0n) is 2.21. The van der Waals surface area contributed by atoms with Crippen molar-refractivity contribution in [2.45, 2.75) is 0 Å². The van der Waals surface area contributed by atoms with E-state index in [1.807, 2.05) is 0 Å². The summed E-state index contributed by atoms with van der Waals surface area (Å²) in [5.41, 5.74) is 0. The Morgan fingerprint density at radius 1 is 0.800 bits per heavy atom. The van der Waals surface area contributed by atoms with E-state index in [2.05, 4.69) is 0 Å². The van der Waals surface area contributed by atoms with Gasteiger partial charge in [0.2, 0.25) is 0 Å². The molecule has 0 saturated heterocycles. The van der Waals surface area contributed by atoms with Gasteiger partial charge in [-0.05, 0) is 0 Å². The standard InChI is InChI=1S/La.4O. The van der Waals surface area contributed by atoms with Crippen molar-refractivity contribution in [2.24, 2.45) is 0 Å². The summed E-state index contributed by atoms with van der Waals surface area (Å²) in [4.78, 5) is 0. The molecular formula is LaO4. The third kappa shape index (κ3) is 162. The van der Waals surface area contributed by atoms with Crippen molar-refractivity contribution in [1.29, 1.82) is 0 Å². The fourth-order valence-corrected chi connectivity index (χ4v) is 0. The first kappa shape index (κ1) is 5.39. The van der Waals surface area contributed by atoms with E-state index in [9.17, 15) is 0 Å². The molecule has 27 valence electrons. The van der Waals surface area contributed by atoms with E-state index in [0.717, 1.165) is 0 Å². The fraction of sp³-hybridized carbons (Fsp3) is 0. The molecule has 5 heteroatoms. The topological polar surface area (TPSA) is 68.3 Å². The first-order valence-corrected chi connectivity index (χ1v) is 6.86. The molecule has 0 aliphatic carbocycles. The Morgan fingerprint density at radius 2 is 0.800 bits per heavy atom. The average Bonchev–Trinajstić information content (AvgIpc) is 0.722. The molecule has 0 aromatic carbocycles. The molecule has 0 N–H and O–H groups in total. The van der Waals surface area contributed by atoms with Crippen LogP contribution >= 0.6 is 0 Å². The van der Waals surface area contributed by atoms with Crippen LogP contribution in [0.5, 0.6) is 0 Å². The molecule has 0 atom stereocenters. The summed E-state index contributed by atoms with van der Waals surface area (Å²) < 4.78 is 34.7. The van der Waals surface area contributed by atoms with Gasteiger partial charge in [-0.1, -0.05) is 0 Å². The van der Waals surface area contributed by atoms with Gasteiger partial charge in [-0.3, -0.25) is 0 Å². The number of hydrogen-bond acceptors (Lipinski definition) is 4. The van der Waals surface area contributed by atoms with Gasteiger partial charge in [0, 0.05) is 0 Å². The molecule has 0 rings (SSSR count). The van der Waals surface area contributed by atoms with Crippen molar-refractivity contribution >= 4 is 0 Å². The first-order chi connectivity index (χ1) is 2.00. The van der Waals surface area contributed by atoms with Crippen LogP contribution in [-0.4, -0.2) is 0 Å². The Bertz CT molecular complexity index is 155. The van der Waals surface area contributed by atoms with Crippen LogP contribution in [0.2, 0.25) is 0 Å². The second-order valence-corrected chi connectivity index (χ2v) is 4.20. The summed E-state index contributed by atoms with van der Waals surface area (Å²) in [6.07, 6.45) is 0. The molecule has 0 amide bonds. The Hall–Kier alpha value is 0.395. The molecule has 0 saturated carbocycles. The third-order valence-corrected chi connectivity index (χ3v) is 0. The van der Waals surface area contributed by atoms with Crippen molar-refractivity contribution in [3.8, 4) is 0 Å². The van der Waals surface area contributed by atoms with Gasteiger partial charge in [0.25, 0.3) is 0 Å². The van der Waals surface area contributed by atoms with Crippen LogP contribution in [-0.2, 0) is 6.78 Å². The molecule has 5 heavy (non-hydrogen) atoms. The van der Waals surface area contributed by atoms with E-state index >= 15 is 0 Å². The molecule has 0 radical (unpaired) electrons. The van der Waals surface area contributed by atoms with Gasteiger partial charge in [-0.25, -0.2) is 0 Å². The second kappa shape index (κ2) is 1.24. The predicted molar refractivity (Wildman–Crippen MR) is 2.75 cm³/mol. The minimum atomic E-state index is -6.33. The number of hydrogen-bond donors (Lipinski definition) is 0. The summed E-state index contributed by atoms with van der Waals surface area (Å²) in [5.74, 6) is 0. The minimum absolute atomic E-state index is 6.33. The Morgan fingerprint density at radius 3 is 0.800 bits per heavy atom. The van der Waals surface area contributed by atoms with E-state index in [1.165, 1.54) is 0 Å². The van der Waals surface area contributed by atoms with Crippen molar-refractivity contribution < 1.29 is 35.2 Å². The monoisotopic (exact) mass is 203 g/mol. The van der Waals surface area contributed by atoms with Gasteiger partial charge < -0.3 is 0 Å². The Kier molecular flexibility index (Phi) is 1.34. The molecule has 0 aliphatic heterocycles. The summed E-state index contributed by atoms with van der Waals surface area (Å²) in [5, 5.41) is 0. The number of rotatable bonds is 0. The van der Waals surface area contributed by atoms with E-state index < -0.39 is 28.4 Å². The summed E-state index contributed by atoms with van der Waals surface area (Å²) >= 11 is -6.33. The van der Waals surface area contributed by atoms with Crippen molar-refractivity contribution in [3.63, 3.8) is 0 Å². The van der Waals surface area contributed by atoms with Crippen LogP contribution < -0.4 is 0 Å². The molecule has 0 heterocycles. The van der Waals surface area contributed by atoms with Gasteiger partial charge in [0.05, 0.1) is 0 Å². The fourth-order valence-electron chi connectivity index (χ4n) is 0. The van der Waals surface area contributed by atoms with Crippen LogP contribution in [0.15, 0.2) is 0 Å². The van der Waals surface area contributed by atoms with Crippen molar-refractivity contribution in [1.82, 2.24) is 0 Å². The summed E-state index contributed by atoms with van der Waals surface area (Å²) in [6, 6.07) is 0. The van der Waals surface area contributed by atoms with E-state index in [-0.39, 0.29) is 0 Å². The van der Waals surface area contributed by atoms with Crippen LogP contribution in [0.1, 0.15) is 0 Å². The van der Waals surface area contributed by atoms with Gasteiger partial charge in [-0.2, -0.15) is 0 Å². The molecule has 0 aromatic rings. The molecule has 0 fully saturated rings. The summed E-state index contributed by atoms with van der Waals surface area (Å²) in [6.45, 7) is 0. The maximum absolute atomic E-state index is 8.67. The normalized spacial score (nSPS) is 4.80. The first-order valence-electron chi connectivity index (χ1n) is 0.943. The maximum atomic E-state index is 8.67. The van der Waals surface area contributed by atoms with Gasteiger partial charge in [0.1, 0.15) is 0 Å². The van der Waals surface area contributed by atoms with Gasteiger partial charge in [0.15, 0.2) is 0 Å². The summed E-state index contributed by atoms with van der Waals surface area (Å²) in [7, 11) is 0. The van der Waals surface area contributed by atoms with Crippen LogP contribution in [0.3, 0.4) is 0 Å². The second-order valence-electron chi connectivity index (χ2n) is 0.577. The molecule has 0 bridgehead atoms. The molecule has 0 aromatic heterocycles. The Balaban J connectivity index is 6.05. The van der Waals surface area contributed by atoms with E-state index in [4.69, 9.17) is 6.78 Å². The van der Waals surface area contributed by atoms with Gasteiger partial charge >= 0.3 is 35.2 Å². The molecule has 0 aliphatic rings. The molecule has 0 unspecified atom stereocenters. The quantitative estimate of drug-likeness (QED) is 0.533. The van der Waals surface area contributed by atoms with Gasteiger partial charge in [-0.15, -0.1) is 0 Å². The average molecular weight is 203 g/mol. The van der Waals surface area contributed by atoms with E-state index in [0.29, 0.717) is 0 Å². The molecule has 4 nitrogen and oxygen atoms in total. The molecule has 0 spiro atoms. The van der Waals surface area contributed by atoms with Crippen molar-refractivity contribution in [3.05, 3.63) is 0 Å². The Labute approximate surface area is 35.1 Å². The third-order valence-electron chi connectivity index (χ3n) is 0. The van der Waals surface area contributed by atoms with Crippen LogP contribution in [0.25, 0.3) is 0 Å². The molecular weight excluding hydrogens is 203 g/mol. The van der Waals surface area contributed by atoms with Crippen LogP contribution in [0.4, 0.5) is 0 Å². The van der Waals surface area contributed by atoms with Crippen LogP contribution in [0, 0.1) is 28.4 Å². The van der Waals surface area contributed by atoms with E-state index in [1.54, 1.807) is 0 Å². The predicted octanol–water partition coefficient (Wildman–Crippen LogP) is -0.475. The SMILES string of the molecule is [O]=[La](=[O])(=[O])=[O].